The quantitative estimate of drug-likeness (QED) is 0.379. The van der Waals surface area contributed by atoms with E-state index in [1.54, 1.807) is 44.0 Å². The molecule has 3 heterocycles. The maximum atomic E-state index is 5.57. The van der Waals surface area contributed by atoms with Crippen molar-refractivity contribution >= 4 is 27.8 Å². The number of hydrogen-bond donors (Lipinski definition) is 1. The molecule has 9 heteroatoms. The summed E-state index contributed by atoms with van der Waals surface area (Å²) in [5, 5.41) is 13.2. The molecule has 0 fully saturated rings. The van der Waals surface area contributed by atoms with Crippen LogP contribution in [0, 0.1) is 6.92 Å². The van der Waals surface area contributed by atoms with Gasteiger partial charge < -0.3 is 19.5 Å². The summed E-state index contributed by atoms with van der Waals surface area (Å²) in [6, 6.07) is 7.99. The minimum Gasteiger partial charge on any atom is -0.493 e. The van der Waals surface area contributed by atoms with E-state index in [4.69, 9.17) is 19.3 Å². The van der Waals surface area contributed by atoms with Crippen LogP contribution in [0.1, 0.15) is 16.8 Å². The molecule has 4 aromatic rings. The number of nitrogens with zero attached hydrogens (tertiary/aromatic N) is 3. The highest BCUT2D eigenvalue weighted by Gasteiger charge is 2.17. The molecule has 0 aliphatic carbocycles. The van der Waals surface area contributed by atoms with Crippen LogP contribution in [0.15, 0.2) is 41.2 Å². The van der Waals surface area contributed by atoms with Gasteiger partial charge >= 0.3 is 0 Å². The van der Waals surface area contributed by atoms with Gasteiger partial charge in [0.25, 0.3) is 0 Å². The Labute approximate surface area is 189 Å². The molecular weight excluding hydrogens is 432 g/mol. The third-order valence-electron chi connectivity index (χ3n) is 4.81. The molecule has 1 N–H and O–H groups in total. The molecule has 7 nitrogen and oxygen atoms in total. The molecular formula is C22H24N4O3S2. The lowest BCUT2D eigenvalue weighted by Crippen LogP contribution is -2.04. The van der Waals surface area contributed by atoms with Crippen molar-refractivity contribution in [2.24, 2.45) is 0 Å². The van der Waals surface area contributed by atoms with Gasteiger partial charge in [0.1, 0.15) is 5.69 Å². The SMILES string of the molecule is COc1ccc(CNc2nc(C)c(-c3ccn(Cc4ccsc4)n3)s2)c(OC)c1OC. The molecule has 31 heavy (non-hydrogen) atoms. The molecule has 4 rings (SSSR count). The zero-order chi connectivity index (χ0) is 21.8. The van der Waals surface area contributed by atoms with E-state index in [9.17, 15) is 0 Å². The van der Waals surface area contributed by atoms with Gasteiger partial charge in [-0.05, 0) is 47.5 Å². The molecule has 0 saturated heterocycles. The summed E-state index contributed by atoms with van der Waals surface area (Å²) >= 11 is 3.29. The second-order valence-corrected chi connectivity index (χ2v) is 8.59. The highest BCUT2D eigenvalue weighted by atomic mass is 32.1. The minimum absolute atomic E-state index is 0.544. The Kier molecular flexibility index (Phi) is 6.43. The normalized spacial score (nSPS) is 10.8. The fourth-order valence-electron chi connectivity index (χ4n) is 3.32. The molecule has 0 saturated carbocycles. The van der Waals surface area contributed by atoms with Gasteiger partial charge in [-0.15, -0.1) is 0 Å². The van der Waals surface area contributed by atoms with Gasteiger partial charge in [0.2, 0.25) is 5.75 Å². The summed E-state index contributed by atoms with van der Waals surface area (Å²) in [4.78, 5) is 5.74. The molecule has 162 valence electrons. The monoisotopic (exact) mass is 456 g/mol. The summed E-state index contributed by atoms with van der Waals surface area (Å²) in [7, 11) is 4.83. The highest BCUT2D eigenvalue weighted by molar-refractivity contribution is 7.19. The lowest BCUT2D eigenvalue weighted by Gasteiger charge is -2.15. The van der Waals surface area contributed by atoms with Crippen molar-refractivity contribution in [3.8, 4) is 27.8 Å². The lowest BCUT2D eigenvalue weighted by molar-refractivity contribution is 0.322. The van der Waals surface area contributed by atoms with Crippen LogP contribution in [0.4, 0.5) is 5.13 Å². The van der Waals surface area contributed by atoms with Crippen LogP contribution in [0.25, 0.3) is 10.6 Å². The van der Waals surface area contributed by atoms with Crippen molar-refractivity contribution in [2.45, 2.75) is 20.0 Å². The number of nitrogens with one attached hydrogen (secondary N) is 1. The number of thiophene rings is 1. The Morgan fingerprint density at radius 3 is 2.58 bits per heavy atom. The minimum atomic E-state index is 0.544. The predicted octanol–water partition coefficient (Wildman–Crippen LogP) is 5.06. The van der Waals surface area contributed by atoms with E-state index in [-0.39, 0.29) is 0 Å². The average molecular weight is 457 g/mol. The summed E-state index contributed by atoms with van der Waals surface area (Å²) in [6.07, 6.45) is 2.01. The van der Waals surface area contributed by atoms with Gasteiger partial charge in [0, 0.05) is 18.3 Å². The summed E-state index contributed by atoms with van der Waals surface area (Å²) in [5.74, 6) is 1.86. The van der Waals surface area contributed by atoms with Crippen LogP contribution in [0.2, 0.25) is 0 Å². The number of methoxy groups -OCH3 is 3. The fraction of sp³-hybridized carbons (Fsp3) is 0.273. The number of anilines is 1. The first-order valence-corrected chi connectivity index (χ1v) is 11.4. The maximum absolute atomic E-state index is 5.57. The van der Waals surface area contributed by atoms with Crippen molar-refractivity contribution in [1.29, 1.82) is 0 Å². The van der Waals surface area contributed by atoms with Crippen molar-refractivity contribution in [2.75, 3.05) is 26.6 Å². The number of hydrogen-bond acceptors (Lipinski definition) is 8. The third-order valence-corrected chi connectivity index (χ3v) is 6.68. The number of aryl methyl sites for hydroxylation is 1. The Morgan fingerprint density at radius 2 is 1.87 bits per heavy atom. The van der Waals surface area contributed by atoms with Crippen LogP contribution < -0.4 is 19.5 Å². The van der Waals surface area contributed by atoms with E-state index in [1.807, 2.05) is 36.0 Å². The zero-order valence-electron chi connectivity index (χ0n) is 17.8. The molecule has 0 bridgehead atoms. The van der Waals surface area contributed by atoms with Crippen molar-refractivity contribution in [1.82, 2.24) is 14.8 Å². The van der Waals surface area contributed by atoms with Gasteiger partial charge in [-0.2, -0.15) is 16.4 Å². The molecule has 0 unspecified atom stereocenters. The lowest BCUT2D eigenvalue weighted by atomic mass is 10.1. The first-order chi connectivity index (χ1) is 15.1. The molecule has 0 atom stereocenters. The Morgan fingerprint density at radius 1 is 1.03 bits per heavy atom. The molecule has 0 radical (unpaired) electrons. The molecule has 1 aromatic carbocycles. The predicted molar refractivity (Wildman–Crippen MR) is 125 cm³/mol. The smallest absolute Gasteiger partial charge is 0.203 e. The maximum Gasteiger partial charge on any atom is 0.203 e. The number of thiazole rings is 1. The summed E-state index contributed by atoms with van der Waals surface area (Å²) < 4.78 is 18.4. The van der Waals surface area contributed by atoms with Crippen molar-refractivity contribution < 1.29 is 14.2 Å². The number of ether oxygens (including phenoxy) is 3. The number of aromatic nitrogens is 3. The molecule has 3 aromatic heterocycles. The first-order valence-electron chi connectivity index (χ1n) is 9.67. The Balaban J connectivity index is 1.50. The van der Waals surface area contributed by atoms with Gasteiger partial charge in [-0.25, -0.2) is 4.98 Å². The first kappa shape index (κ1) is 21.2. The zero-order valence-corrected chi connectivity index (χ0v) is 19.5. The summed E-state index contributed by atoms with van der Waals surface area (Å²) in [6.45, 7) is 3.32. The number of rotatable bonds is 9. The summed E-state index contributed by atoms with van der Waals surface area (Å²) in [5.41, 5.74) is 4.09. The van der Waals surface area contributed by atoms with Crippen molar-refractivity contribution in [3.05, 3.63) is 58.0 Å². The van der Waals surface area contributed by atoms with E-state index < -0.39 is 0 Å². The second-order valence-electron chi connectivity index (χ2n) is 6.81. The van der Waals surface area contributed by atoms with Gasteiger partial charge in [0.05, 0.1) is 38.4 Å². The van der Waals surface area contributed by atoms with Crippen LogP contribution >= 0.6 is 22.7 Å². The Bertz CT molecular complexity index is 1150. The van der Waals surface area contributed by atoms with Gasteiger partial charge in [0.15, 0.2) is 16.6 Å². The fourth-order valence-corrected chi connectivity index (χ4v) is 4.91. The van der Waals surface area contributed by atoms with Crippen LogP contribution in [-0.4, -0.2) is 36.1 Å². The van der Waals surface area contributed by atoms with Crippen molar-refractivity contribution in [3.63, 3.8) is 0 Å². The van der Waals surface area contributed by atoms with Crippen LogP contribution in [-0.2, 0) is 13.1 Å². The van der Waals surface area contributed by atoms with E-state index in [0.717, 1.165) is 33.5 Å². The van der Waals surface area contributed by atoms with E-state index >= 15 is 0 Å². The molecule has 0 spiro atoms. The van der Waals surface area contributed by atoms with Gasteiger partial charge in [-0.3, -0.25) is 4.68 Å². The molecule has 0 aliphatic heterocycles. The number of benzene rings is 1. The second kappa shape index (κ2) is 9.40. The third kappa shape index (κ3) is 4.52. The van der Waals surface area contributed by atoms with Crippen LogP contribution in [0.5, 0.6) is 17.2 Å². The van der Waals surface area contributed by atoms with E-state index in [2.05, 4.69) is 27.1 Å². The Hall–Kier alpha value is -3.04. The van der Waals surface area contributed by atoms with E-state index in [0.29, 0.717) is 23.8 Å². The van der Waals surface area contributed by atoms with Gasteiger partial charge in [-0.1, -0.05) is 11.3 Å². The average Bonchev–Trinajstić information content (AvgIpc) is 3.53. The topological polar surface area (TPSA) is 70.4 Å². The molecule has 0 amide bonds. The van der Waals surface area contributed by atoms with Crippen LogP contribution in [0.3, 0.4) is 0 Å². The largest absolute Gasteiger partial charge is 0.493 e. The highest BCUT2D eigenvalue weighted by Crippen LogP contribution is 2.40. The van der Waals surface area contributed by atoms with E-state index in [1.165, 1.54) is 5.56 Å². The standard InChI is InChI=1S/C22H24N4O3S2/c1-14-21(17-7-9-26(25-17)12-15-8-10-30-13-15)31-22(24-14)23-11-16-5-6-18(27-2)20(29-4)19(16)28-3/h5-10,13H,11-12H2,1-4H3,(H,23,24). The molecule has 0 aliphatic rings.